The van der Waals surface area contributed by atoms with Crippen LogP contribution in [0.25, 0.3) is 32.7 Å². The molecule has 4 aromatic rings. The minimum absolute atomic E-state index is 0.190. The van der Waals surface area contributed by atoms with Crippen LogP contribution >= 0.6 is 0 Å². The number of benzene rings is 4. The zero-order valence-corrected chi connectivity index (χ0v) is 16.4. The van der Waals surface area contributed by atoms with E-state index in [0.717, 1.165) is 0 Å². The van der Waals surface area contributed by atoms with Crippen LogP contribution in [0.4, 0.5) is 0 Å². The maximum absolute atomic E-state index is 2.42. The van der Waals surface area contributed by atoms with E-state index in [1.165, 1.54) is 77.6 Å². The van der Waals surface area contributed by atoms with Crippen molar-refractivity contribution in [2.45, 2.75) is 50.4 Å². The molecule has 0 radical (unpaired) electrons. The first-order valence-electron chi connectivity index (χ1n) is 10.9. The lowest BCUT2D eigenvalue weighted by Crippen LogP contribution is -2.26. The standard InChI is InChI=1S/C28H26/c1-2-8-18-28(19-9-3-1)25-13-7-6-12-23(25)24-17-16-21-15-14-20-10-4-5-11-22(20)26(21)27(24)28/h4-7,10-17H,1-3,8-9,18-19H2. The normalized spacial score (nSPS) is 18.0. The SMILES string of the molecule is c1ccc2c(c1)-c1ccc3ccc4ccccc4c3c1C21CCCCCCC1. The maximum atomic E-state index is 2.42. The van der Waals surface area contributed by atoms with Gasteiger partial charge in [0.25, 0.3) is 0 Å². The molecular formula is C28H26. The molecule has 6 rings (SSSR count). The fourth-order valence-corrected chi connectivity index (χ4v) is 6.12. The molecule has 0 heterocycles. The zero-order valence-electron chi connectivity index (χ0n) is 16.4. The van der Waals surface area contributed by atoms with E-state index in [4.69, 9.17) is 0 Å². The maximum Gasteiger partial charge on any atom is 0.0221 e. The van der Waals surface area contributed by atoms with Crippen molar-refractivity contribution < 1.29 is 0 Å². The highest BCUT2D eigenvalue weighted by Gasteiger charge is 2.43. The number of hydrogen-bond acceptors (Lipinski definition) is 0. The fraction of sp³-hybridized carbons (Fsp3) is 0.286. The van der Waals surface area contributed by atoms with Crippen molar-refractivity contribution in [3.8, 4) is 11.1 Å². The lowest BCUT2D eigenvalue weighted by Gasteiger charge is -2.35. The van der Waals surface area contributed by atoms with Crippen LogP contribution in [0.15, 0.2) is 72.8 Å². The quantitative estimate of drug-likeness (QED) is 0.278. The van der Waals surface area contributed by atoms with Gasteiger partial charge in [-0.1, -0.05) is 105 Å². The molecule has 1 spiro atoms. The molecule has 2 aliphatic carbocycles. The Hall–Kier alpha value is -2.60. The lowest BCUT2D eigenvalue weighted by atomic mass is 9.68. The Labute approximate surface area is 167 Å². The van der Waals surface area contributed by atoms with E-state index >= 15 is 0 Å². The first-order valence-corrected chi connectivity index (χ1v) is 10.9. The van der Waals surface area contributed by atoms with E-state index < -0.39 is 0 Å². The second kappa shape index (κ2) is 6.21. The Kier molecular flexibility index (Phi) is 3.63. The molecule has 28 heavy (non-hydrogen) atoms. The van der Waals surface area contributed by atoms with Gasteiger partial charge in [-0.2, -0.15) is 0 Å². The molecule has 1 fully saturated rings. The van der Waals surface area contributed by atoms with Crippen molar-refractivity contribution >= 4 is 21.5 Å². The summed E-state index contributed by atoms with van der Waals surface area (Å²) in [5, 5.41) is 5.69. The molecule has 138 valence electrons. The largest absolute Gasteiger partial charge is 0.0619 e. The predicted octanol–water partition coefficient (Wildman–Crippen LogP) is 8.00. The summed E-state index contributed by atoms with van der Waals surface area (Å²) in [5.41, 5.74) is 6.38. The first-order chi connectivity index (χ1) is 13.9. The molecule has 0 bridgehead atoms. The van der Waals surface area contributed by atoms with Gasteiger partial charge in [0, 0.05) is 5.41 Å². The summed E-state index contributed by atoms with van der Waals surface area (Å²) in [6.07, 6.45) is 9.43. The van der Waals surface area contributed by atoms with E-state index in [2.05, 4.69) is 72.8 Å². The smallest absolute Gasteiger partial charge is 0.0221 e. The topological polar surface area (TPSA) is 0 Å². The first kappa shape index (κ1) is 16.4. The van der Waals surface area contributed by atoms with Crippen LogP contribution in [0.1, 0.15) is 56.1 Å². The van der Waals surface area contributed by atoms with Gasteiger partial charge in [-0.15, -0.1) is 0 Å². The van der Waals surface area contributed by atoms with E-state index in [0.29, 0.717) is 0 Å². The molecule has 4 aromatic carbocycles. The van der Waals surface area contributed by atoms with Gasteiger partial charge in [-0.3, -0.25) is 0 Å². The molecule has 2 aliphatic rings. The van der Waals surface area contributed by atoms with Crippen LogP contribution in [-0.4, -0.2) is 0 Å². The van der Waals surface area contributed by atoms with E-state index in [1.54, 1.807) is 11.1 Å². The highest BCUT2D eigenvalue weighted by molar-refractivity contribution is 6.12. The van der Waals surface area contributed by atoms with Gasteiger partial charge in [-0.05, 0) is 56.6 Å². The third-order valence-corrected chi connectivity index (χ3v) is 7.33. The van der Waals surface area contributed by atoms with Crippen LogP contribution in [-0.2, 0) is 5.41 Å². The summed E-state index contributed by atoms with van der Waals surface area (Å²) >= 11 is 0. The molecule has 0 aromatic heterocycles. The molecule has 0 aliphatic heterocycles. The molecule has 0 N–H and O–H groups in total. The number of hydrogen-bond donors (Lipinski definition) is 0. The van der Waals surface area contributed by atoms with Crippen LogP contribution < -0.4 is 0 Å². The van der Waals surface area contributed by atoms with Gasteiger partial charge < -0.3 is 0 Å². The van der Waals surface area contributed by atoms with E-state index in [1.807, 2.05) is 0 Å². The molecule has 0 atom stereocenters. The average Bonchev–Trinajstić information content (AvgIpc) is 3.01. The predicted molar refractivity (Wildman–Crippen MR) is 120 cm³/mol. The molecule has 0 heteroatoms. The van der Waals surface area contributed by atoms with Crippen molar-refractivity contribution in [2.75, 3.05) is 0 Å². The minimum atomic E-state index is 0.190. The van der Waals surface area contributed by atoms with Crippen LogP contribution in [0, 0.1) is 0 Å². The molecule has 0 unspecified atom stereocenters. The molecule has 0 saturated heterocycles. The van der Waals surface area contributed by atoms with Crippen LogP contribution in [0.5, 0.6) is 0 Å². The second-order valence-electron chi connectivity index (χ2n) is 8.77. The summed E-state index contributed by atoms with van der Waals surface area (Å²) in [7, 11) is 0. The summed E-state index contributed by atoms with van der Waals surface area (Å²) in [6.45, 7) is 0. The number of fused-ring (bicyclic) bond motifs is 9. The highest BCUT2D eigenvalue weighted by Crippen LogP contribution is 2.57. The monoisotopic (exact) mass is 362 g/mol. The van der Waals surface area contributed by atoms with Crippen molar-refractivity contribution in [1.82, 2.24) is 0 Å². The van der Waals surface area contributed by atoms with Crippen molar-refractivity contribution in [3.05, 3.63) is 83.9 Å². The highest BCUT2D eigenvalue weighted by atomic mass is 14.5. The lowest BCUT2D eigenvalue weighted by molar-refractivity contribution is 0.375. The van der Waals surface area contributed by atoms with Crippen LogP contribution in [0.3, 0.4) is 0 Å². The summed E-state index contributed by atoms with van der Waals surface area (Å²) in [4.78, 5) is 0. The molecule has 0 amide bonds. The fourth-order valence-electron chi connectivity index (χ4n) is 6.12. The summed E-state index contributed by atoms with van der Waals surface area (Å²) in [6, 6.07) is 27.6. The van der Waals surface area contributed by atoms with Crippen molar-refractivity contribution in [1.29, 1.82) is 0 Å². The summed E-state index contributed by atoms with van der Waals surface area (Å²) < 4.78 is 0. The third kappa shape index (κ3) is 2.18. The van der Waals surface area contributed by atoms with Gasteiger partial charge >= 0.3 is 0 Å². The number of rotatable bonds is 0. The van der Waals surface area contributed by atoms with Crippen LogP contribution in [0.2, 0.25) is 0 Å². The van der Waals surface area contributed by atoms with Gasteiger partial charge in [0.2, 0.25) is 0 Å². The van der Waals surface area contributed by atoms with E-state index in [-0.39, 0.29) is 5.41 Å². The average molecular weight is 363 g/mol. The second-order valence-corrected chi connectivity index (χ2v) is 8.77. The summed E-state index contributed by atoms with van der Waals surface area (Å²) in [5.74, 6) is 0. The van der Waals surface area contributed by atoms with Gasteiger partial charge in [0.05, 0.1) is 0 Å². The van der Waals surface area contributed by atoms with E-state index in [9.17, 15) is 0 Å². The van der Waals surface area contributed by atoms with Gasteiger partial charge in [-0.25, -0.2) is 0 Å². The zero-order chi connectivity index (χ0) is 18.6. The Balaban J connectivity index is 1.77. The molecule has 0 nitrogen and oxygen atoms in total. The Morgan fingerprint density at radius 3 is 2.11 bits per heavy atom. The van der Waals surface area contributed by atoms with Crippen molar-refractivity contribution in [2.24, 2.45) is 0 Å². The molecular weight excluding hydrogens is 336 g/mol. The van der Waals surface area contributed by atoms with Gasteiger partial charge in [0.15, 0.2) is 0 Å². The molecule has 1 saturated carbocycles. The Bertz CT molecular complexity index is 1190. The Morgan fingerprint density at radius 1 is 0.536 bits per heavy atom. The minimum Gasteiger partial charge on any atom is -0.0619 e. The van der Waals surface area contributed by atoms with Crippen molar-refractivity contribution in [3.63, 3.8) is 0 Å². The third-order valence-electron chi connectivity index (χ3n) is 7.33. The Morgan fingerprint density at radius 2 is 1.21 bits per heavy atom. The van der Waals surface area contributed by atoms with Gasteiger partial charge in [0.1, 0.15) is 0 Å².